The second-order valence-corrected chi connectivity index (χ2v) is 6.26. The third kappa shape index (κ3) is 3.00. The minimum absolute atomic E-state index is 0.0618. The van der Waals surface area contributed by atoms with Crippen LogP contribution in [0.1, 0.15) is 11.8 Å². The molecule has 1 unspecified atom stereocenters. The molecule has 1 aliphatic heterocycles. The number of furan rings is 1. The van der Waals surface area contributed by atoms with Gasteiger partial charge in [-0.05, 0) is 48.5 Å². The monoisotopic (exact) mass is 380 g/mol. The number of nitrogens with zero attached hydrogens (tertiary/aromatic N) is 2. The average molecular weight is 380 g/mol. The Bertz CT molecular complexity index is 1000. The molecule has 1 atom stereocenters. The lowest BCUT2D eigenvalue weighted by atomic mass is 10.0. The molecule has 28 heavy (non-hydrogen) atoms. The van der Waals surface area contributed by atoms with E-state index in [1.54, 1.807) is 49.6 Å². The highest BCUT2D eigenvalue weighted by Gasteiger charge is 2.43. The van der Waals surface area contributed by atoms with Crippen LogP contribution in [0.15, 0.2) is 71.3 Å². The number of carbonyl (C=O) groups excluding carboxylic acids is 2. The molecule has 0 bridgehead atoms. The van der Waals surface area contributed by atoms with Crippen molar-refractivity contribution < 1.29 is 23.1 Å². The molecule has 0 N–H and O–H groups in total. The Morgan fingerprint density at radius 2 is 1.79 bits per heavy atom. The molecule has 142 valence electrons. The van der Waals surface area contributed by atoms with Crippen molar-refractivity contribution in [2.75, 3.05) is 23.5 Å². The van der Waals surface area contributed by atoms with Gasteiger partial charge >= 0.3 is 0 Å². The first kappa shape index (κ1) is 17.8. The number of hydrogen-bond acceptors (Lipinski definition) is 4. The largest absolute Gasteiger partial charge is 0.497 e. The number of anilines is 2. The summed E-state index contributed by atoms with van der Waals surface area (Å²) in [4.78, 5) is 28.9. The minimum Gasteiger partial charge on any atom is -0.497 e. The summed E-state index contributed by atoms with van der Waals surface area (Å²) < 4.78 is 24.9. The standard InChI is InChI=1S/C21H17FN2O4/c1-27-15-10-8-14(9-11-15)24-19(25)13-23(17-6-3-2-5-16(17)22)21(26)20(24)18-7-4-12-28-18/h2-12,20H,13H2,1H3. The highest BCUT2D eigenvalue weighted by molar-refractivity contribution is 6.14. The molecule has 0 saturated carbocycles. The summed E-state index contributed by atoms with van der Waals surface area (Å²) in [7, 11) is 1.54. The van der Waals surface area contributed by atoms with Crippen LogP contribution in [0.3, 0.4) is 0 Å². The lowest BCUT2D eigenvalue weighted by Crippen LogP contribution is -2.56. The van der Waals surface area contributed by atoms with Crippen molar-refractivity contribution in [2.45, 2.75) is 6.04 Å². The maximum atomic E-state index is 14.3. The zero-order valence-corrected chi connectivity index (χ0v) is 15.0. The van der Waals surface area contributed by atoms with Crippen molar-refractivity contribution in [3.05, 3.63) is 78.5 Å². The zero-order chi connectivity index (χ0) is 19.7. The van der Waals surface area contributed by atoms with Crippen molar-refractivity contribution >= 4 is 23.2 Å². The van der Waals surface area contributed by atoms with E-state index >= 15 is 0 Å². The normalized spacial score (nSPS) is 17.1. The van der Waals surface area contributed by atoms with Crippen LogP contribution in [-0.2, 0) is 9.59 Å². The summed E-state index contributed by atoms with van der Waals surface area (Å²) in [6.07, 6.45) is 1.43. The summed E-state index contributed by atoms with van der Waals surface area (Å²) >= 11 is 0. The quantitative estimate of drug-likeness (QED) is 0.695. The number of rotatable bonds is 4. The average Bonchev–Trinajstić information content (AvgIpc) is 3.24. The van der Waals surface area contributed by atoms with Gasteiger partial charge in [-0.1, -0.05) is 12.1 Å². The fraction of sp³-hybridized carbons (Fsp3) is 0.143. The van der Waals surface area contributed by atoms with E-state index in [1.165, 1.54) is 29.4 Å². The van der Waals surface area contributed by atoms with E-state index < -0.39 is 17.8 Å². The van der Waals surface area contributed by atoms with Gasteiger partial charge in [-0.25, -0.2) is 4.39 Å². The molecule has 2 heterocycles. The van der Waals surface area contributed by atoms with Gasteiger partial charge in [0.1, 0.15) is 23.9 Å². The molecule has 2 aromatic carbocycles. The van der Waals surface area contributed by atoms with Crippen LogP contribution in [0.5, 0.6) is 5.75 Å². The summed E-state index contributed by atoms with van der Waals surface area (Å²) in [5.74, 6) is -0.443. The van der Waals surface area contributed by atoms with Crippen LogP contribution >= 0.6 is 0 Å². The van der Waals surface area contributed by atoms with Gasteiger partial charge in [0.05, 0.1) is 19.1 Å². The summed E-state index contributed by atoms with van der Waals surface area (Å²) in [5, 5.41) is 0. The van der Waals surface area contributed by atoms with E-state index in [9.17, 15) is 14.0 Å². The number of piperazine rings is 1. The third-order valence-corrected chi connectivity index (χ3v) is 4.63. The van der Waals surface area contributed by atoms with Gasteiger partial charge in [0.2, 0.25) is 5.91 Å². The maximum Gasteiger partial charge on any atom is 0.258 e. The number of hydrogen-bond donors (Lipinski definition) is 0. The van der Waals surface area contributed by atoms with Gasteiger partial charge in [0.15, 0.2) is 6.04 Å². The molecule has 0 aliphatic carbocycles. The van der Waals surface area contributed by atoms with E-state index in [1.807, 2.05) is 0 Å². The number of benzene rings is 2. The number of amides is 2. The Labute approximate surface area is 160 Å². The van der Waals surface area contributed by atoms with Gasteiger partial charge in [0, 0.05) is 5.69 Å². The second-order valence-electron chi connectivity index (χ2n) is 6.26. The minimum atomic E-state index is -1.04. The Balaban J connectivity index is 1.78. The predicted octanol–water partition coefficient (Wildman–Crippen LogP) is 3.55. The SMILES string of the molecule is COc1ccc(N2C(=O)CN(c3ccccc3F)C(=O)C2c2ccco2)cc1. The number of ether oxygens (including phenoxy) is 1. The predicted molar refractivity (Wildman–Crippen MR) is 101 cm³/mol. The fourth-order valence-corrected chi connectivity index (χ4v) is 3.30. The molecule has 0 radical (unpaired) electrons. The molecule has 7 heteroatoms. The van der Waals surface area contributed by atoms with Crippen LogP contribution in [0.25, 0.3) is 0 Å². The highest BCUT2D eigenvalue weighted by Crippen LogP contribution is 2.35. The first-order valence-corrected chi connectivity index (χ1v) is 8.65. The van der Waals surface area contributed by atoms with Crippen molar-refractivity contribution in [1.82, 2.24) is 0 Å². The lowest BCUT2D eigenvalue weighted by molar-refractivity contribution is -0.129. The van der Waals surface area contributed by atoms with Crippen molar-refractivity contribution in [1.29, 1.82) is 0 Å². The first-order chi connectivity index (χ1) is 13.6. The molecule has 1 aromatic heterocycles. The smallest absolute Gasteiger partial charge is 0.258 e. The van der Waals surface area contributed by atoms with Gasteiger partial charge in [0.25, 0.3) is 5.91 Å². The molecule has 1 aliphatic rings. The summed E-state index contributed by atoms with van der Waals surface area (Å²) in [6.45, 7) is -0.275. The number of carbonyl (C=O) groups is 2. The fourth-order valence-electron chi connectivity index (χ4n) is 3.30. The van der Waals surface area contributed by atoms with Crippen LogP contribution in [0, 0.1) is 5.82 Å². The van der Waals surface area contributed by atoms with Crippen LogP contribution in [0.2, 0.25) is 0 Å². The molecule has 1 fully saturated rings. The lowest BCUT2D eigenvalue weighted by Gasteiger charge is -2.39. The third-order valence-electron chi connectivity index (χ3n) is 4.63. The summed E-state index contributed by atoms with van der Waals surface area (Å²) in [6, 6.07) is 14.9. The van der Waals surface area contributed by atoms with E-state index in [0.717, 1.165) is 4.90 Å². The molecular formula is C21H17FN2O4. The van der Waals surface area contributed by atoms with Gasteiger partial charge in [-0.15, -0.1) is 0 Å². The maximum absolute atomic E-state index is 14.3. The Kier molecular flexibility index (Phi) is 4.57. The van der Waals surface area contributed by atoms with Crippen molar-refractivity contribution in [3.8, 4) is 5.75 Å². The zero-order valence-electron chi connectivity index (χ0n) is 15.0. The molecule has 6 nitrogen and oxygen atoms in total. The number of para-hydroxylation sites is 1. The second kappa shape index (κ2) is 7.19. The Hall–Kier alpha value is -3.61. The Morgan fingerprint density at radius 1 is 1.04 bits per heavy atom. The van der Waals surface area contributed by atoms with E-state index in [4.69, 9.17) is 9.15 Å². The van der Waals surface area contributed by atoms with Crippen LogP contribution < -0.4 is 14.5 Å². The molecule has 2 amide bonds. The molecule has 4 rings (SSSR count). The number of methoxy groups -OCH3 is 1. The summed E-state index contributed by atoms with van der Waals surface area (Å²) in [5.41, 5.74) is 0.584. The molecule has 3 aromatic rings. The van der Waals surface area contributed by atoms with Gasteiger partial charge in [-0.3, -0.25) is 19.4 Å². The van der Waals surface area contributed by atoms with Crippen LogP contribution in [0.4, 0.5) is 15.8 Å². The molecule has 1 saturated heterocycles. The van der Waals surface area contributed by atoms with Gasteiger partial charge in [-0.2, -0.15) is 0 Å². The highest BCUT2D eigenvalue weighted by atomic mass is 19.1. The van der Waals surface area contributed by atoms with E-state index in [0.29, 0.717) is 17.2 Å². The van der Waals surface area contributed by atoms with E-state index in [-0.39, 0.29) is 18.1 Å². The van der Waals surface area contributed by atoms with Crippen LogP contribution in [-0.4, -0.2) is 25.5 Å². The van der Waals surface area contributed by atoms with Gasteiger partial charge < -0.3 is 9.15 Å². The first-order valence-electron chi connectivity index (χ1n) is 8.65. The van der Waals surface area contributed by atoms with Crippen molar-refractivity contribution in [2.24, 2.45) is 0 Å². The Morgan fingerprint density at radius 3 is 2.43 bits per heavy atom. The topological polar surface area (TPSA) is 63.0 Å². The molecule has 0 spiro atoms. The van der Waals surface area contributed by atoms with Crippen molar-refractivity contribution in [3.63, 3.8) is 0 Å². The molecular weight excluding hydrogens is 363 g/mol. The van der Waals surface area contributed by atoms with E-state index in [2.05, 4.69) is 0 Å². The number of halogens is 1.